The number of nitrogens with zero attached hydrogens (tertiary/aromatic N) is 5. The van der Waals surface area contributed by atoms with Gasteiger partial charge in [0.25, 0.3) is 5.91 Å². The van der Waals surface area contributed by atoms with Crippen LogP contribution in [0.3, 0.4) is 0 Å². The summed E-state index contributed by atoms with van der Waals surface area (Å²) in [5, 5.41) is 0. The normalized spacial score (nSPS) is 17.4. The molecule has 2 aliphatic rings. The molecule has 0 aromatic carbocycles. The fourth-order valence-electron chi connectivity index (χ4n) is 3.87. The van der Waals surface area contributed by atoms with Gasteiger partial charge in [-0.3, -0.25) is 4.79 Å². The fraction of sp³-hybridized carbons (Fsp3) is 0.524. The third kappa shape index (κ3) is 4.58. The molecule has 3 heterocycles. The van der Waals surface area contributed by atoms with E-state index < -0.39 is 0 Å². The quantitative estimate of drug-likeness (QED) is 0.767. The summed E-state index contributed by atoms with van der Waals surface area (Å²) in [7, 11) is 1.60. The van der Waals surface area contributed by atoms with E-state index in [1.165, 1.54) is 12.8 Å². The van der Waals surface area contributed by atoms with Crippen LogP contribution in [-0.2, 0) is 0 Å². The maximum absolute atomic E-state index is 12.8. The van der Waals surface area contributed by atoms with Crippen molar-refractivity contribution in [1.29, 1.82) is 0 Å². The van der Waals surface area contributed by atoms with Crippen molar-refractivity contribution in [2.75, 3.05) is 38.2 Å². The third-order valence-corrected chi connectivity index (χ3v) is 5.47. The molecule has 4 rings (SSSR count). The van der Waals surface area contributed by atoms with Gasteiger partial charge in [0.05, 0.1) is 12.7 Å². The maximum atomic E-state index is 12.8. The highest BCUT2D eigenvalue weighted by Gasteiger charge is 2.24. The largest absolute Gasteiger partial charge is 0.481 e. The first kappa shape index (κ1) is 19.4. The second-order valence-electron chi connectivity index (χ2n) is 7.50. The van der Waals surface area contributed by atoms with Gasteiger partial charge in [-0.25, -0.2) is 9.97 Å². The molecule has 0 radical (unpaired) electrons. The number of hydrogen-bond acceptors (Lipinski definition) is 7. The van der Waals surface area contributed by atoms with Gasteiger partial charge in [-0.2, -0.15) is 4.98 Å². The summed E-state index contributed by atoms with van der Waals surface area (Å²) in [6.07, 6.45) is 6.50. The van der Waals surface area contributed by atoms with E-state index in [2.05, 4.69) is 19.9 Å². The summed E-state index contributed by atoms with van der Waals surface area (Å²) in [6, 6.07) is 5.44. The summed E-state index contributed by atoms with van der Waals surface area (Å²) in [4.78, 5) is 29.9. The van der Waals surface area contributed by atoms with E-state index >= 15 is 0 Å². The first-order valence-electron chi connectivity index (χ1n) is 10.2. The summed E-state index contributed by atoms with van der Waals surface area (Å²) >= 11 is 0. The van der Waals surface area contributed by atoms with Crippen molar-refractivity contribution in [3.05, 3.63) is 35.8 Å². The van der Waals surface area contributed by atoms with Crippen LogP contribution in [0.4, 0.5) is 5.82 Å². The zero-order valence-electron chi connectivity index (χ0n) is 17.0. The number of aryl methyl sites for hydroxylation is 1. The number of carbonyl (C=O) groups is 1. The van der Waals surface area contributed by atoms with Crippen molar-refractivity contribution < 1.29 is 14.3 Å². The van der Waals surface area contributed by atoms with Gasteiger partial charge in [0.2, 0.25) is 11.8 Å². The molecule has 1 aliphatic heterocycles. The number of rotatable bonds is 5. The van der Waals surface area contributed by atoms with Gasteiger partial charge in [-0.05, 0) is 38.7 Å². The molecule has 29 heavy (non-hydrogen) atoms. The zero-order chi connectivity index (χ0) is 20.2. The molecule has 8 nitrogen and oxygen atoms in total. The van der Waals surface area contributed by atoms with Crippen LogP contribution in [0.25, 0.3) is 0 Å². The molecule has 154 valence electrons. The Morgan fingerprint density at radius 3 is 2.48 bits per heavy atom. The predicted molar refractivity (Wildman–Crippen MR) is 109 cm³/mol. The number of aromatic nitrogens is 3. The van der Waals surface area contributed by atoms with Gasteiger partial charge in [0.1, 0.15) is 17.7 Å². The second kappa shape index (κ2) is 8.63. The minimum Gasteiger partial charge on any atom is -0.481 e. The van der Waals surface area contributed by atoms with Crippen molar-refractivity contribution in [2.24, 2.45) is 0 Å². The van der Waals surface area contributed by atoms with E-state index in [-0.39, 0.29) is 12.0 Å². The van der Waals surface area contributed by atoms with Gasteiger partial charge in [-0.1, -0.05) is 0 Å². The Morgan fingerprint density at radius 1 is 1.07 bits per heavy atom. The number of amides is 1. The molecule has 0 atom stereocenters. The van der Waals surface area contributed by atoms with Crippen LogP contribution in [-0.4, -0.2) is 65.2 Å². The van der Waals surface area contributed by atoms with Gasteiger partial charge in [-0.15, -0.1) is 0 Å². The van der Waals surface area contributed by atoms with Crippen molar-refractivity contribution in [1.82, 2.24) is 19.9 Å². The van der Waals surface area contributed by atoms with Crippen molar-refractivity contribution in [2.45, 2.75) is 38.7 Å². The summed E-state index contributed by atoms with van der Waals surface area (Å²) in [6.45, 7) is 4.53. The average Bonchev–Trinajstić information content (AvgIpc) is 3.26. The van der Waals surface area contributed by atoms with Gasteiger partial charge in [0, 0.05) is 44.5 Å². The zero-order valence-corrected chi connectivity index (χ0v) is 17.0. The standard InChI is InChI=1S/C21H27N5O3/c1-15-23-18(13-20(24-15)28-2)25-9-11-26(12-10-25)21(27)16-7-8-19(22-14-16)29-17-5-3-4-6-17/h7-8,13-14,17H,3-6,9-12H2,1-2H3. The molecule has 2 fully saturated rings. The number of ether oxygens (including phenoxy) is 2. The second-order valence-corrected chi connectivity index (χ2v) is 7.50. The number of hydrogen-bond donors (Lipinski definition) is 0. The van der Waals surface area contributed by atoms with Crippen molar-refractivity contribution in [3.63, 3.8) is 0 Å². The lowest BCUT2D eigenvalue weighted by molar-refractivity contribution is 0.0746. The minimum atomic E-state index is 0.000940. The number of piperazine rings is 1. The molecular weight excluding hydrogens is 370 g/mol. The Kier molecular flexibility index (Phi) is 5.78. The van der Waals surface area contributed by atoms with Gasteiger partial charge < -0.3 is 19.3 Å². The van der Waals surface area contributed by atoms with Crippen molar-refractivity contribution in [3.8, 4) is 11.8 Å². The van der Waals surface area contributed by atoms with Gasteiger partial charge >= 0.3 is 0 Å². The molecule has 1 aliphatic carbocycles. The Balaban J connectivity index is 1.34. The van der Waals surface area contributed by atoms with Crippen LogP contribution in [0.5, 0.6) is 11.8 Å². The van der Waals surface area contributed by atoms with E-state index in [1.54, 1.807) is 19.4 Å². The lowest BCUT2D eigenvalue weighted by atomic mass is 10.2. The van der Waals surface area contributed by atoms with E-state index in [4.69, 9.17) is 9.47 Å². The lowest BCUT2D eigenvalue weighted by Crippen LogP contribution is -2.49. The fourth-order valence-corrected chi connectivity index (χ4v) is 3.87. The molecule has 0 bridgehead atoms. The maximum Gasteiger partial charge on any atom is 0.255 e. The minimum absolute atomic E-state index is 0.000940. The summed E-state index contributed by atoms with van der Waals surface area (Å²) in [5.41, 5.74) is 0.594. The van der Waals surface area contributed by atoms with Crippen LogP contribution in [0.1, 0.15) is 41.9 Å². The summed E-state index contributed by atoms with van der Waals surface area (Å²) < 4.78 is 11.1. The SMILES string of the molecule is COc1cc(N2CCN(C(=O)c3ccc(OC4CCCC4)nc3)CC2)nc(C)n1. The van der Waals surface area contributed by atoms with Gasteiger partial charge in [0.15, 0.2) is 0 Å². The topological polar surface area (TPSA) is 80.7 Å². The third-order valence-electron chi connectivity index (χ3n) is 5.47. The Bertz CT molecular complexity index is 844. The smallest absolute Gasteiger partial charge is 0.255 e. The molecule has 0 N–H and O–H groups in total. The molecule has 8 heteroatoms. The molecule has 0 unspecified atom stereocenters. The number of anilines is 1. The Hall–Kier alpha value is -2.90. The number of carbonyl (C=O) groups excluding carboxylic acids is 1. The number of methoxy groups -OCH3 is 1. The molecule has 1 saturated carbocycles. The Labute approximate surface area is 170 Å². The van der Waals surface area contributed by atoms with Crippen LogP contribution < -0.4 is 14.4 Å². The lowest BCUT2D eigenvalue weighted by Gasteiger charge is -2.35. The predicted octanol–water partition coefficient (Wildman–Crippen LogP) is 2.47. The first-order chi connectivity index (χ1) is 14.1. The van der Waals surface area contributed by atoms with Crippen LogP contribution in [0.2, 0.25) is 0 Å². The highest BCUT2D eigenvalue weighted by Crippen LogP contribution is 2.23. The Morgan fingerprint density at radius 2 is 1.83 bits per heavy atom. The van der Waals surface area contributed by atoms with Crippen molar-refractivity contribution >= 4 is 11.7 Å². The molecule has 0 spiro atoms. The first-order valence-corrected chi connectivity index (χ1v) is 10.2. The monoisotopic (exact) mass is 397 g/mol. The number of pyridine rings is 1. The highest BCUT2D eigenvalue weighted by atomic mass is 16.5. The molecular formula is C21H27N5O3. The van der Waals surface area contributed by atoms with E-state index in [1.807, 2.05) is 24.0 Å². The average molecular weight is 397 g/mol. The molecule has 1 saturated heterocycles. The van der Waals surface area contributed by atoms with Crippen LogP contribution in [0.15, 0.2) is 24.4 Å². The summed E-state index contributed by atoms with van der Waals surface area (Å²) in [5.74, 6) is 2.66. The van der Waals surface area contributed by atoms with E-state index in [0.29, 0.717) is 49.3 Å². The highest BCUT2D eigenvalue weighted by molar-refractivity contribution is 5.94. The van der Waals surface area contributed by atoms with Crippen LogP contribution >= 0.6 is 0 Å². The molecule has 1 amide bonds. The van der Waals surface area contributed by atoms with E-state index in [0.717, 1.165) is 18.7 Å². The molecule has 2 aromatic rings. The van der Waals surface area contributed by atoms with Crippen LogP contribution in [0, 0.1) is 6.92 Å². The van der Waals surface area contributed by atoms with E-state index in [9.17, 15) is 4.79 Å². The molecule has 2 aromatic heterocycles.